The van der Waals surface area contributed by atoms with E-state index >= 15 is 0 Å². The van der Waals surface area contributed by atoms with Gasteiger partial charge in [-0.3, -0.25) is 0 Å². The highest BCUT2D eigenvalue weighted by atomic mass is 16.5. The molecule has 0 saturated heterocycles. The summed E-state index contributed by atoms with van der Waals surface area (Å²) in [5.41, 5.74) is 2.20. The van der Waals surface area contributed by atoms with Gasteiger partial charge in [0.1, 0.15) is 5.76 Å². The van der Waals surface area contributed by atoms with Crippen LogP contribution in [0.2, 0.25) is 0 Å². The Morgan fingerprint density at radius 2 is 1.94 bits per heavy atom. The Kier molecular flexibility index (Phi) is 7.96. The second-order valence-corrected chi connectivity index (χ2v) is 3.36. The largest absolute Gasteiger partial charge is 0.496 e. The first kappa shape index (κ1) is 14.5. The van der Waals surface area contributed by atoms with E-state index in [0.29, 0.717) is 0 Å². The lowest BCUT2D eigenvalue weighted by atomic mass is 10.0. The highest BCUT2D eigenvalue weighted by molar-refractivity contribution is 5.44. The monoisotopic (exact) mass is 218 g/mol. The summed E-state index contributed by atoms with van der Waals surface area (Å²) >= 11 is 0. The molecule has 0 aliphatic heterocycles. The van der Waals surface area contributed by atoms with Crippen LogP contribution in [0.1, 0.15) is 26.7 Å². The summed E-state index contributed by atoms with van der Waals surface area (Å²) in [6, 6.07) is 0. The van der Waals surface area contributed by atoms with E-state index in [4.69, 9.17) is 4.74 Å². The molecule has 16 heavy (non-hydrogen) atoms. The average Bonchev–Trinajstić information content (AvgIpc) is 2.32. The van der Waals surface area contributed by atoms with Gasteiger partial charge < -0.3 is 4.74 Å². The van der Waals surface area contributed by atoms with E-state index in [-0.39, 0.29) is 0 Å². The molecule has 0 radical (unpaired) electrons. The maximum Gasteiger partial charge on any atom is 0.126 e. The van der Waals surface area contributed by atoms with Crippen LogP contribution in [-0.4, -0.2) is 7.11 Å². The molecule has 88 valence electrons. The molecule has 0 aliphatic rings. The fourth-order valence-electron chi connectivity index (χ4n) is 1.46. The van der Waals surface area contributed by atoms with E-state index < -0.39 is 0 Å². The van der Waals surface area contributed by atoms with Crippen LogP contribution < -0.4 is 0 Å². The molecule has 0 aliphatic carbocycles. The number of methoxy groups -OCH3 is 1. The second-order valence-electron chi connectivity index (χ2n) is 3.36. The number of ether oxygens (including phenoxy) is 1. The predicted octanol–water partition coefficient (Wildman–Crippen LogP) is 4.56. The van der Waals surface area contributed by atoms with E-state index in [1.165, 1.54) is 5.57 Å². The molecule has 0 atom stereocenters. The molecule has 1 nitrogen and oxygen atoms in total. The SMILES string of the molecule is C=C/C(CCC)=C(C=C)/C(=C/C=C\C)OC. The lowest BCUT2D eigenvalue weighted by molar-refractivity contribution is 0.302. The van der Waals surface area contributed by atoms with Crippen LogP contribution in [0.4, 0.5) is 0 Å². The average molecular weight is 218 g/mol. The molecule has 0 N–H and O–H groups in total. The molecule has 0 saturated carbocycles. The van der Waals surface area contributed by atoms with Crippen molar-refractivity contribution in [1.82, 2.24) is 0 Å². The van der Waals surface area contributed by atoms with E-state index in [0.717, 1.165) is 24.2 Å². The Bertz CT molecular complexity index is 316. The highest BCUT2D eigenvalue weighted by Crippen LogP contribution is 2.21. The van der Waals surface area contributed by atoms with Crippen LogP contribution in [0, 0.1) is 0 Å². The molecule has 0 spiro atoms. The molecule has 0 unspecified atom stereocenters. The summed E-state index contributed by atoms with van der Waals surface area (Å²) < 4.78 is 5.37. The van der Waals surface area contributed by atoms with Gasteiger partial charge in [0.15, 0.2) is 0 Å². The molecule has 0 aromatic rings. The maximum atomic E-state index is 5.37. The Morgan fingerprint density at radius 1 is 1.25 bits per heavy atom. The summed E-state index contributed by atoms with van der Waals surface area (Å²) in [5, 5.41) is 0. The zero-order chi connectivity index (χ0) is 12.4. The Balaban J connectivity index is 5.34. The van der Waals surface area contributed by atoms with Gasteiger partial charge in [-0.15, -0.1) is 0 Å². The van der Waals surface area contributed by atoms with E-state index in [1.807, 2.05) is 37.3 Å². The van der Waals surface area contributed by atoms with Gasteiger partial charge in [-0.25, -0.2) is 0 Å². The molecule has 0 amide bonds. The fraction of sp³-hybridized carbons (Fsp3) is 0.333. The summed E-state index contributed by atoms with van der Waals surface area (Å²) in [7, 11) is 1.67. The second kappa shape index (κ2) is 8.78. The van der Waals surface area contributed by atoms with Crippen molar-refractivity contribution in [3.63, 3.8) is 0 Å². The van der Waals surface area contributed by atoms with Crippen molar-refractivity contribution in [3.8, 4) is 0 Å². The molecule has 0 rings (SSSR count). The number of hydrogen-bond acceptors (Lipinski definition) is 1. The smallest absolute Gasteiger partial charge is 0.126 e. The molecule has 0 heterocycles. The lowest BCUT2D eigenvalue weighted by Gasteiger charge is -2.11. The van der Waals surface area contributed by atoms with E-state index in [1.54, 1.807) is 7.11 Å². The van der Waals surface area contributed by atoms with Gasteiger partial charge in [-0.05, 0) is 25.0 Å². The van der Waals surface area contributed by atoms with Crippen molar-refractivity contribution in [1.29, 1.82) is 0 Å². The molecule has 0 aromatic carbocycles. The number of allylic oxidation sites excluding steroid dienone is 6. The van der Waals surface area contributed by atoms with Crippen molar-refractivity contribution in [2.75, 3.05) is 7.11 Å². The Morgan fingerprint density at radius 3 is 2.31 bits per heavy atom. The number of rotatable bonds is 7. The molecule has 0 fully saturated rings. The molecule has 1 heteroatoms. The topological polar surface area (TPSA) is 9.23 Å². The predicted molar refractivity (Wildman–Crippen MR) is 72.2 cm³/mol. The first-order valence-electron chi connectivity index (χ1n) is 5.60. The number of hydrogen-bond donors (Lipinski definition) is 0. The molecule has 0 bridgehead atoms. The van der Waals surface area contributed by atoms with Crippen LogP contribution in [-0.2, 0) is 4.74 Å². The van der Waals surface area contributed by atoms with Gasteiger partial charge in [0, 0.05) is 5.57 Å². The Labute approximate surface area is 99.5 Å². The first-order chi connectivity index (χ1) is 7.74. The zero-order valence-corrected chi connectivity index (χ0v) is 10.6. The zero-order valence-electron chi connectivity index (χ0n) is 10.6. The van der Waals surface area contributed by atoms with Gasteiger partial charge in [0.2, 0.25) is 0 Å². The van der Waals surface area contributed by atoms with Gasteiger partial charge in [-0.1, -0.05) is 50.8 Å². The first-order valence-corrected chi connectivity index (χ1v) is 5.60. The van der Waals surface area contributed by atoms with Crippen molar-refractivity contribution in [2.24, 2.45) is 0 Å². The van der Waals surface area contributed by atoms with Crippen LogP contribution in [0.15, 0.2) is 60.4 Å². The van der Waals surface area contributed by atoms with Crippen LogP contribution in [0.25, 0.3) is 0 Å². The third-order valence-corrected chi connectivity index (χ3v) is 2.24. The van der Waals surface area contributed by atoms with Gasteiger partial charge in [0.25, 0.3) is 0 Å². The lowest BCUT2D eigenvalue weighted by Crippen LogP contribution is -1.94. The van der Waals surface area contributed by atoms with E-state index in [2.05, 4.69) is 20.1 Å². The summed E-state index contributed by atoms with van der Waals surface area (Å²) in [4.78, 5) is 0. The molecular formula is C15H22O. The summed E-state index contributed by atoms with van der Waals surface area (Å²) in [6.45, 7) is 11.8. The van der Waals surface area contributed by atoms with Crippen molar-refractivity contribution in [2.45, 2.75) is 26.7 Å². The minimum atomic E-state index is 0.830. The summed E-state index contributed by atoms with van der Waals surface area (Å²) in [6.07, 6.45) is 11.6. The van der Waals surface area contributed by atoms with Crippen LogP contribution in [0.3, 0.4) is 0 Å². The third kappa shape index (κ3) is 4.35. The normalized spacial score (nSPS) is 13.6. The highest BCUT2D eigenvalue weighted by Gasteiger charge is 2.05. The van der Waals surface area contributed by atoms with Gasteiger partial charge in [0.05, 0.1) is 7.11 Å². The summed E-state index contributed by atoms with van der Waals surface area (Å²) in [5.74, 6) is 0.830. The standard InChI is InChI=1S/C15H22O/c1-6-10-12-15(16-5)14(9-4)13(8-3)11-7-2/h6,8-10,12H,3-4,7,11H2,1-2,5H3/b10-6-,14-13-,15-12-. The van der Waals surface area contributed by atoms with Crippen molar-refractivity contribution < 1.29 is 4.74 Å². The minimum Gasteiger partial charge on any atom is -0.496 e. The van der Waals surface area contributed by atoms with Gasteiger partial charge in [-0.2, -0.15) is 0 Å². The van der Waals surface area contributed by atoms with Crippen molar-refractivity contribution in [3.05, 3.63) is 60.4 Å². The quantitative estimate of drug-likeness (QED) is 0.449. The maximum absolute atomic E-state index is 5.37. The third-order valence-electron chi connectivity index (χ3n) is 2.24. The minimum absolute atomic E-state index is 0.830. The molecular weight excluding hydrogens is 196 g/mol. The van der Waals surface area contributed by atoms with Crippen LogP contribution >= 0.6 is 0 Å². The molecule has 0 aromatic heterocycles. The van der Waals surface area contributed by atoms with Gasteiger partial charge >= 0.3 is 0 Å². The Hall–Kier alpha value is -1.50. The van der Waals surface area contributed by atoms with E-state index in [9.17, 15) is 0 Å². The fourth-order valence-corrected chi connectivity index (χ4v) is 1.46. The van der Waals surface area contributed by atoms with Crippen LogP contribution in [0.5, 0.6) is 0 Å². The van der Waals surface area contributed by atoms with Crippen molar-refractivity contribution >= 4 is 0 Å².